The molecule has 0 bridgehead atoms. The van der Waals surface area contributed by atoms with Crippen molar-refractivity contribution in [1.82, 2.24) is 15.5 Å². The molecule has 4 amide bonds. The smallest absolute Gasteiger partial charge is 0.325 e. The highest BCUT2D eigenvalue weighted by Crippen LogP contribution is 2.24. The van der Waals surface area contributed by atoms with Gasteiger partial charge in [-0.3, -0.25) is 14.5 Å². The van der Waals surface area contributed by atoms with Gasteiger partial charge in [0.1, 0.15) is 12.1 Å². The van der Waals surface area contributed by atoms with Crippen molar-refractivity contribution < 1.29 is 14.4 Å². The van der Waals surface area contributed by atoms with Crippen molar-refractivity contribution >= 4 is 17.8 Å². The van der Waals surface area contributed by atoms with Crippen LogP contribution >= 0.6 is 0 Å². The molecule has 1 aromatic rings. The van der Waals surface area contributed by atoms with E-state index in [-0.39, 0.29) is 25.0 Å². The standard InChI is InChI=1S/C17H24N4O3/c1-3-17(4-2)15(23)21(16(24)20-17)11-14(22)19-10-13(18)12-8-6-5-7-9-12/h5-9,13H,3-4,10-11,18H2,1-2H3,(H,19,22)(H,20,24). The van der Waals surface area contributed by atoms with E-state index in [1.54, 1.807) is 0 Å². The van der Waals surface area contributed by atoms with E-state index in [9.17, 15) is 14.4 Å². The minimum atomic E-state index is -0.891. The topological polar surface area (TPSA) is 105 Å². The molecule has 1 fully saturated rings. The minimum absolute atomic E-state index is 0.235. The van der Waals surface area contributed by atoms with Crippen molar-refractivity contribution in [3.63, 3.8) is 0 Å². The van der Waals surface area contributed by atoms with Gasteiger partial charge in [0, 0.05) is 12.6 Å². The van der Waals surface area contributed by atoms with Crippen LogP contribution in [0.4, 0.5) is 4.79 Å². The quantitative estimate of drug-likeness (QED) is 0.646. The predicted octanol–water partition coefficient (Wildman–Crippen LogP) is 0.913. The molecule has 2 rings (SSSR count). The van der Waals surface area contributed by atoms with Crippen molar-refractivity contribution in [3.05, 3.63) is 35.9 Å². The Morgan fingerprint density at radius 2 is 1.88 bits per heavy atom. The number of amides is 4. The van der Waals surface area contributed by atoms with Gasteiger partial charge in [0.25, 0.3) is 5.91 Å². The highest BCUT2D eigenvalue weighted by atomic mass is 16.2. The van der Waals surface area contributed by atoms with E-state index in [0.717, 1.165) is 10.5 Å². The van der Waals surface area contributed by atoms with Crippen LogP contribution in [0, 0.1) is 0 Å². The van der Waals surface area contributed by atoms with E-state index in [2.05, 4.69) is 10.6 Å². The lowest BCUT2D eigenvalue weighted by molar-refractivity contribution is -0.135. The fourth-order valence-corrected chi connectivity index (χ4v) is 2.79. The molecule has 1 atom stereocenters. The first-order valence-corrected chi connectivity index (χ1v) is 8.15. The van der Waals surface area contributed by atoms with Crippen molar-refractivity contribution in [3.8, 4) is 0 Å². The lowest BCUT2D eigenvalue weighted by Gasteiger charge is -2.23. The SMILES string of the molecule is CCC1(CC)NC(=O)N(CC(=O)NCC(N)c2ccccc2)C1=O. The highest BCUT2D eigenvalue weighted by molar-refractivity contribution is 6.08. The van der Waals surface area contributed by atoms with E-state index in [1.807, 2.05) is 44.2 Å². The van der Waals surface area contributed by atoms with Gasteiger partial charge in [-0.25, -0.2) is 4.79 Å². The van der Waals surface area contributed by atoms with Crippen LogP contribution in [-0.4, -0.2) is 41.4 Å². The summed E-state index contributed by atoms with van der Waals surface area (Å²) in [6.45, 7) is 3.61. The molecule has 1 aromatic carbocycles. The molecule has 1 heterocycles. The Morgan fingerprint density at radius 1 is 1.25 bits per heavy atom. The van der Waals surface area contributed by atoms with Crippen molar-refractivity contribution in [2.75, 3.05) is 13.1 Å². The normalized spacial score (nSPS) is 17.5. The average Bonchev–Trinajstić information content (AvgIpc) is 2.85. The zero-order chi connectivity index (χ0) is 17.7. The molecule has 7 heteroatoms. The van der Waals surface area contributed by atoms with Crippen LogP contribution in [-0.2, 0) is 9.59 Å². The zero-order valence-corrected chi connectivity index (χ0v) is 14.0. The number of hydrogen-bond donors (Lipinski definition) is 3. The lowest BCUT2D eigenvalue weighted by atomic mass is 9.93. The zero-order valence-electron chi connectivity index (χ0n) is 14.0. The van der Waals surface area contributed by atoms with Crippen LogP contribution < -0.4 is 16.4 Å². The molecular formula is C17H24N4O3. The summed E-state index contributed by atoms with van der Waals surface area (Å²) in [5.74, 6) is -0.757. The van der Waals surface area contributed by atoms with Gasteiger partial charge in [-0.15, -0.1) is 0 Å². The number of nitrogens with one attached hydrogen (secondary N) is 2. The van der Waals surface area contributed by atoms with Crippen LogP contribution in [0.2, 0.25) is 0 Å². The summed E-state index contributed by atoms with van der Waals surface area (Å²) in [4.78, 5) is 37.5. The monoisotopic (exact) mass is 332 g/mol. The summed E-state index contributed by atoms with van der Waals surface area (Å²) in [5, 5.41) is 5.37. The van der Waals surface area contributed by atoms with Crippen molar-refractivity contribution in [2.24, 2.45) is 5.73 Å². The maximum Gasteiger partial charge on any atom is 0.325 e. The third kappa shape index (κ3) is 3.56. The molecule has 1 unspecified atom stereocenters. The Balaban J connectivity index is 1.91. The van der Waals surface area contributed by atoms with Crippen LogP contribution in [0.5, 0.6) is 0 Å². The number of nitrogens with two attached hydrogens (primary N) is 1. The van der Waals surface area contributed by atoms with Gasteiger partial charge in [-0.05, 0) is 18.4 Å². The first-order valence-electron chi connectivity index (χ1n) is 8.15. The first-order chi connectivity index (χ1) is 11.4. The van der Waals surface area contributed by atoms with Gasteiger partial charge < -0.3 is 16.4 Å². The molecule has 24 heavy (non-hydrogen) atoms. The Kier molecular flexibility index (Phi) is 5.56. The fraction of sp³-hybridized carbons (Fsp3) is 0.471. The van der Waals surface area contributed by atoms with Gasteiger partial charge in [0.2, 0.25) is 5.91 Å². The summed E-state index contributed by atoms with van der Waals surface area (Å²) in [6.07, 6.45) is 0.982. The number of nitrogens with zero attached hydrogens (tertiary/aromatic N) is 1. The maximum absolute atomic E-state index is 12.4. The van der Waals surface area contributed by atoms with E-state index in [0.29, 0.717) is 12.8 Å². The summed E-state index contributed by atoms with van der Waals surface area (Å²) in [7, 11) is 0. The van der Waals surface area contributed by atoms with Gasteiger partial charge in [-0.1, -0.05) is 44.2 Å². The molecule has 130 valence electrons. The molecule has 4 N–H and O–H groups in total. The Morgan fingerprint density at radius 3 is 2.42 bits per heavy atom. The number of rotatable bonds is 7. The molecule has 0 aromatic heterocycles. The van der Waals surface area contributed by atoms with Crippen LogP contribution in [0.1, 0.15) is 38.3 Å². The van der Waals surface area contributed by atoms with Crippen molar-refractivity contribution in [1.29, 1.82) is 0 Å². The molecule has 1 saturated heterocycles. The van der Waals surface area contributed by atoms with Crippen molar-refractivity contribution in [2.45, 2.75) is 38.3 Å². The minimum Gasteiger partial charge on any atom is -0.353 e. The number of benzene rings is 1. The van der Waals surface area contributed by atoms with E-state index >= 15 is 0 Å². The third-order valence-corrected chi connectivity index (χ3v) is 4.50. The summed E-state index contributed by atoms with van der Waals surface area (Å²) in [5.41, 5.74) is 6.03. The molecule has 0 saturated carbocycles. The van der Waals surface area contributed by atoms with Gasteiger partial charge in [0.05, 0.1) is 0 Å². The van der Waals surface area contributed by atoms with E-state index < -0.39 is 17.5 Å². The maximum atomic E-state index is 12.4. The number of carbonyl (C=O) groups excluding carboxylic acids is 3. The van der Waals surface area contributed by atoms with Gasteiger partial charge >= 0.3 is 6.03 Å². The number of hydrogen-bond acceptors (Lipinski definition) is 4. The Labute approximate surface area is 141 Å². The molecule has 0 radical (unpaired) electrons. The molecule has 0 spiro atoms. The molecule has 1 aliphatic heterocycles. The molecular weight excluding hydrogens is 308 g/mol. The number of imide groups is 1. The fourth-order valence-electron chi connectivity index (χ4n) is 2.79. The van der Waals surface area contributed by atoms with Crippen LogP contribution in [0.25, 0.3) is 0 Å². The second-order valence-corrected chi connectivity index (χ2v) is 5.93. The summed E-state index contributed by atoms with van der Waals surface area (Å²) in [6, 6.07) is 8.53. The van der Waals surface area contributed by atoms with Gasteiger partial charge in [-0.2, -0.15) is 0 Å². The Bertz CT molecular complexity index is 614. The number of carbonyl (C=O) groups is 3. The molecule has 7 nitrogen and oxygen atoms in total. The summed E-state index contributed by atoms with van der Waals surface area (Å²) >= 11 is 0. The predicted molar refractivity (Wildman–Crippen MR) is 89.9 cm³/mol. The Hall–Kier alpha value is -2.41. The number of urea groups is 1. The van der Waals surface area contributed by atoms with Crippen LogP contribution in [0.15, 0.2) is 30.3 Å². The third-order valence-electron chi connectivity index (χ3n) is 4.50. The second-order valence-electron chi connectivity index (χ2n) is 5.93. The summed E-state index contributed by atoms with van der Waals surface area (Å²) < 4.78 is 0. The lowest BCUT2D eigenvalue weighted by Crippen LogP contribution is -2.47. The largest absolute Gasteiger partial charge is 0.353 e. The average molecular weight is 332 g/mol. The van der Waals surface area contributed by atoms with Crippen LogP contribution in [0.3, 0.4) is 0 Å². The highest BCUT2D eigenvalue weighted by Gasteiger charge is 2.49. The van der Waals surface area contributed by atoms with E-state index in [1.165, 1.54) is 0 Å². The van der Waals surface area contributed by atoms with Gasteiger partial charge in [0.15, 0.2) is 0 Å². The first kappa shape index (κ1) is 17.9. The second kappa shape index (κ2) is 7.44. The molecule has 1 aliphatic rings. The molecule has 0 aliphatic carbocycles. The van der Waals surface area contributed by atoms with E-state index in [4.69, 9.17) is 5.73 Å².